The first-order valence-corrected chi connectivity index (χ1v) is 14.2. The van der Waals surface area contributed by atoms with Crippen LogP contribution < -0.4 is 21.4 Å². The number of hydrogen-bond donors (Lipinski definition) is 6. The second-order valence-corrected chi connectivity index (χ2v) is 11.4. The molecular weight excluding hydrogens is 590 g/mol. The Morgan fingerprint density at radius 3 is 2.47 bits per heavy atom. The summed E-state index contributed by atoms with van der Waals surface area (Å²) in [5.41, 5.74) is 1.87. The molecule has 45 heavy (non-hydrogen) atoms. The molecule has 1 aliphatic heterocycles. The van der Waals surface area contributed by atoms with Gasteiger partial charge in [-0.1, -0.05) is 0 Å². The zero-order valence-electron chi connectivity index (χ0n) is 25.3. The first kappa shape index (κ1) is 32.0. The lowest BCUT2D eigenvalue weighted by Gasteiger charge is -2.59. The van der Waals surface area contributed by atoms with Gasteiger partial charge in [-0.25, -0.2) is 19.3 Å². The highest BCUT2D eigenvalue weighted by molar-refractivity contribution is 6.01. The van der Waals surface area contributed by atoms with E-state index in [9.17, 15) is 29.7 Å². The number of rotatable bonds is 9. The Hall–Kier alpha value is -4.42. The quantitative estimate of drug-likeness (QED) is 0.103. The van der Waals surface area contributed by atoms with E-state index in [1.54, 1.807) is 45.5 Å². The van der Waals surface area contributed by atoms with Gasteiger partial charge in [0.1, 0.15) is 17.2 Å². The summed E-state index contributed by atoms with van der Waals surface area (Å²) in [6, 6.07) is 4.36. The van der Waals surface area contributed by atoms with Crippen molar-refractivity contribution in [1.82, 2.24) is 29.4 Å². The maximum atomic E-state index is 13.4. The number of hydrogen-bond acceptors (Lipinski definition) is 13. The first-order chi connectivity index (χ1) is 21.4. The van der Waals surface area contributed by atoms with Crippen LogP contribution in [0.4, 0.5) is 17.5 Å². The van der Waals surface area contributed by atoms with E-state index in [4.69, 9.17) is 10.1 Å². The number of fused-ring (bicyclic) bond motifs is 1. The van der Waals surface area contributed by atoms with Gasteiger partial charge in [0.2, 0.25) is 6.41 Å². The summed E-state index contributed by atoms with van der Waals surface area (Å²) in [5, 5.41) is 42.5. The Morgan fingerprint density at radius 2 is 1.87 bits per heavy atom. The van der Waals surface area contributed by atoms with Gasteiger partial charge in [-0.15, -0.1) is 0 Å². The summed E-state index contributed by atoms with van der Waals surface area (Å²) < 4.78 is 11.4. The van der Waals surface area contributed by atoms with Crippen LogP contribution in [-0.2, 0) is 25.2 Å². The fourth-order valence-electron chi connectivity index (χ4n) is 6.25. The summed E-state index contributed by atoms with van der Waals surface area (Å²) in [5.74, 6) is 0.834. The van der Waals surface area contributed by atoms with Crippen molar-refractivity contribution in [3.63, 3.8) is 0 Å². The number of nitrogens with zero attached hydrogens (tertiary/aromatic N) is 6. The lowest BCUT2D eigenvalue weighted by atomic mass is 9.70. The smallest absolute Gasteiger partial charge is 0.377 e. The normalized spacial score (nSPS) is 23.9. The van der Waals surface area contributed by atoms with Crippen LogP contribution in [0.15, 0.2) is 29.2 Å². The fourth-order valence-corrected chi connectivity index (χ4v) is 6.25. The van der Waals surface area contributed by atoms with Crippen molar-refractivity contribution in [2.45, 2.75) is 61.9 Å². The van der Waals surface area contributed by atoms with E-state index in [1.807, 2.05) is 0 Å². The molecule has 2 atom stereocenters. The molecule has 0 bridgehead atoms. The van der Waals surface area contributed by atoms with Crippen LogP contribution >= 0.6 is 0 Å². The lowest BCUT2D eigenvalue weighted by molar-refractivity contribution is -0.374. The molecular formula is C28H37N9O8. The number of aliphatic hydroxyl groups is 3. The molecule has 17 heteroatoms. The van der Waals surface area contributed by atoms with Crippen molar-refractivity contribution in [3.05, 3.63) is 40.4 Å². The van der Waals surface area contributed by atoms with Crippen molar-refractivity contribution >= 4 is 47.0 Å². The van der Waals surface area contributed by atoms with Gasteiger partial charge in [-0.05, 0) is 31.4 Å². The molecule has 0 aromatic carbocycles. The molecule has 2 aliphatic carbocycles. The van der Waals surface area contributed by atoms with Crippen LogP contribution in [0.3, 0.4) is 0 Å². The summed E-state index contributed by atoms with van der Waals surface area (Å²) in [7, 11) is 6.51. The molecule has 2 saturated carbocycles. The molecule has 3 aromatic rings. The number of methoxy groups -OCH3 is 2. The zero-order valence-corrected chi connectivity index (χ0v) is 25.3. The highest BCUT2D eigenvalue weighted by Gasteiger charge is 2.63. The number of imidazole rings is 1. The molecule has 6 rings (SSSR count). The molecule has 3 aromatic heterocycles. The van der Waals surface area contributed by atoms with E-state index in [2.05, 4.69) is 25.4 Å². The molecule has 17 nitrogen and oxygen atoms in total. The van der Waals surface area contributed by atoms with Gasteiger partial charge >= 0.3 is 11.8 Å². The molecule has 2 unspecified atom stereocenters. The van der Waals surface area contributed by atoms with Crippen LogP contribution in [0.2, 0.25) is 0 Å². The van der Waals surface area contributed by atoms with E-state index in [0.29, 0.717) is 53.9 Å². The zero-order chi connectivity index (χ0) is 32.7. The molecule has 0 radical (unpaired) electrons. The molecule has 3 fully saturated rings. The third-order valence-electron chi connectivity index (χ3n) is 8.60. The molecule has 3 aliphatic rings. The Labute approximate surface area is 257 Å². The summed E-state index contributed by atoms with van der Waals surface area (Å²) >= 11 is 0. The minimum absolute atomic E-state index is 0.0130. The number of carbonyl (C=O) groups is 2. The van der Waals surface area contributed by atoms with Crippen molar-refractivity contribution in [2.24, 2.45) is 0 Å². The Kier molecular flexibility index (Phi) is 8.65. The number of amides is 2. The first-order valence-electron chi connectivity index (χ1n) is 14.2. The number of nitrogens with one attached hydrogen (secondary N) is 3. The maximum absolute atomic E-state index is 13.4. The monoisotopic (exact) mass is 627 g/mol. The molecule has 1 spiro atoms. The molecule has 1 saturated heterocycles. The SMILES string of the molecule is COC.COC1CC2(C1)C(=O)NN2c1nc(Nc2cc3c(cn2)n(C(O)(O)O)c(=O)n3C2CCC(N(C)C=O)C2)ccc1C=N. The molecule has 6 N–H and O–H groups in total. The topological polar surface area (TPSA) is 220 Å². The number of aromatic nitrogens is 4. The lowest BCUT2D eigenvalue weighted by Crippen LogP contribution is -2.82. The van der Waals surface area contributed by atoms with Gasteiger partial charge in [0.05, 0.1) is 23.3 Å². The third kappa shape index (κ3) is 5.53. The summed E-state index contributed by atoms with van der Waals surface area (Å²) in [4.78, 5) is 47.6. The van der Waals surface area contributed by atoms with Gasteiger partial charge in [-0.2, -0.15) is 0 Å². The molecule has 2 amide bonds. The summed E-state index contributed by atoms with van der Waals surface area (Å²) in [6.07, 6.45) is 2.22. The van der Waals surface area contributed by atoms with Gasteiger partial charge in [0.25, 0.3) is 5.91 Å². The van der Waals surface area contributed by atoms with Crippen molar-refractivity contribution < 1.29 is 34.4 Å². The number of pyridine rings is 2. The average Bonchev–Trinajstić information content (AvgIpc) is 3.57. The Balaban J connectivity index is 0.00000128. The maximum Gasteiger partial charge on any atom is 0.377 e. The van der Waals surface area contributed by atoms with Crippen LogP contribution in [-0.4, -0.2) is 104 Å². The molecule has 242 valence electrons. The van der Waals surface area contributed by atoms with Gasteiger partial charge < -0.3 is 40.4 Å². The fraction of sp³-hybridized carbons (Fsp3) is 0.500. The predicted octanol–water partition coefficient (Wildman–Crippen LogP) is -0.278. The second kappa shape index (κ2) is 12.2. The number of anilines is 3. The van der Waals surface area contributed by atoms with E-state index >= 15 is 0 Å². The predicted molar refractivity (Wildman–Crippen MR) is 161 cm³/mol. The highest BCUT2D eigenvalue weighted by Crippen LogP contribution is 2.46. The minimum atomic E-state index is -3.46. The number of hydrazine groups is 1. The van der Waals surface area contributed by atoms with E-state index < -0.39 is 17.3 Å². The summed E-state index contributed by atoms with van der Waals surface area (Å²) in [6.45, 7) is 0. The minimum Gasteiger partial charge on any atom is -0.388 e. The van der Waals surface area contributed by atoms with Crippen LogP contribution in [0.1, 0.15) is 43.7 Å². The molecule has 4 heterocycles. The van der Waals surface area contributed by atoms with Crippen molar-refractivity contribution in [2.75, 3.05) is 38.7 Å². The van der Waals surface area contributed by atoms with Gasteiger partial charge in [0, 0.05) is 71.1 Å². The van der Waals surface area contributed by atoms with Crippen molar-refractivity contribution in [1.29, 1.82) is 5.41 Å². The van der Waals surface area contributed by atoms with Gasteiger partial charge in [0.15, 0.2) is 5.82 Å². The average molecular weight is 628 g/mol. The third-order valence-corrected chi connectivity index (χ3v) is 8.60. The van der Waals surface area contributed by atoms with E-state index in [-0.39, 0.29) is 40.9 Å². The second-order valence-electron chi connectivity index (χ2n) is 11.4. The standard InChI is InChI=1S/C26H31N9O7.C2H6O/c1-32(13-36)15-4-5-16(7-15)33-18-8-21(28-12-19(18)34(24(33)38)26(39,40)41)29-20-6-3-14(11-27)22(30-20)35-25(23(37)31-35)9-17(10-25)42-2;1-3-2/h3,6,8,11-13,15-17,27,39-41H,4-5,7,9-10H2,1-2H3,(H,31,37)(H,28,29,30);1-2H3. The number of carbonyl (C=O) groups excluding carboxylic acids is 2. The van der Waals surface area contributed by atoms with E-state index in [1.165, 1.54) is 21.7 Å². The Morgan fingerprint density at radius 1 is 1.16 bits per heavy atom. The highest BCUT2D eigenvalue weighted by atomic mass is 16.7. The van der Waals surface area contributed by atoms with E-state index in [0.717, 1.165) is 12.6 Å². The van der Waals surface area contributed by atoms with Gasteiger partial charge in [-0.3, -0.25) is 24.6 Å². The largest absolute Gasteiger partial charge is 0.388 e. The van der Waals surface area contributed by atoms with Crippen LogP contribution in [0.25, 0.3) is 11.0 Å². The van der Waals surface area contributed by atoms with Crippen LogP contribution in [0.5, 0.6) is 0 Å². The number of ether oxygens (including phenoxy) is 2. The van der Waals surface area contributed by atoms with Crippen molar-refractivity contribution in [3.8, 4) is 0 Å². The van der Waals surface area contributed by atoms with Crippen LogP contribution in [0, 0.1) is 5.41 Å². The Bertz CT molecular complexity index is 1660.